The van der Waals surface area contributed by atoms with Crippen LogP contribution in [0.3, 0.4) is 0 Å². The van der Waals surface area contributed by atoms with E-state index in [1.54, 1.807) is 14.2 Å². The second-order valence-electron chi connectivity index (χ2n) is 4.31. The number of rotatable bonds is 7. The minimum atomic E-state index is -0.227. The highest BCUT2D eigenvalue weighted by molar-refractivity contribution is 9.10. The Balaban J connectivity index is 2.69. The van der Waals surface area contributed by atoms with Crippen LogP contribution in [0.5, 0.6) is 0 Å². The van der Waals surface area contributed by atoms with Crippen molar-refractivity contribution in [2.45, 2.75) is 38.6 Å². The van der Waals surface area contributed by atoms with E-state index >= 15 is 0 Å². The Morgan fingerprint density at radius 2 is 1.72 bits per heavy atom. The molecule has 0 aliphatic carbocycles. The molecule has 0 fully saturated rings. The number of benzene rings is 1. The summed E-state index contributed by atoms with van der Waals surface area (Å²) < 4.78 is 11.6. The molecule has 1 N–H and O–H groups in total. The van der Waals surface area contributed by atoms with Gasteiger partial charge < -0.3 is 14.8 Å². The molecule has 2 unspecified atom stereocenters. The van der Waals surface area contributed by atoms with E-state index in [4.69, 9.17) is 9.47 Å². The number of hydrogen-bond donors (Lipinski definition) is 1. The van der Waals surface area contributed by atoms with E-state index in [9.17, 15) is 0 Å². The summed E-state index contributed by atoms with van der Waals surface area (Å²) in [6.45, 7) is 4.24. The first kappa shape index (κ1) is 15.6. The lowest BCUT2D eigenvalue weighted by molar-refractivity contribution is -0.121. The van der Waals surface area contributed by atoms with Gasteiger partial charge in [-0.05, 0) is 31.0 Å². The van der Waals surface area contributed by atoms with Gasteiger partial charge in [-0.15, -0.1) is 0 Å². The van der Waals surface area contributed by atoms with Crippen LogP contribution >= 0.6 is 15.9 Å². The highest BCUT2D eigenvalue weighted by Gasteiger charge is 2.19. The topological polar surface area (TPSA) is 30.5 Å². The molecule has 0 heterocycles. The fourth-order valence-corrected chi connectivity index (χ4v) is 2.31. The van der Waals surface area contributed by atoms with E-state index in [2.05, 4.69) is 59.4 Å². The van der Waals surface area contributed by atoms with Gasteiger partial charge in [0.05, 0.1) is 6.04 Å². The van der Waals surface area contributed by atoms with Crippen LogP contribution in [0, 0.1) is 0 Å². The van der Waals surface area contributed by atoms with Gasteiger partial charge in [0.1, 0.15) is 0 Å². The molecule has 4 heteroatoms. The van der Waals surface area contributed by atoms with Crippen molar-refractivity contribution < 1.29 is 9.47 Å². The van der Waals surface area contributed by atoms with Crippen LogP contribution in [0.25, 0.3) is 0 Å². The van der Waals surface area contributed by atoms with Gasteiger partial charge >= 0.3 is 0 Å². The molecule has 0 aromatic heterocycles. The zero-order valence-corrected chi connectivity index (χ0v) is 13.0. The smallest absolute Gasteiger partial charge is 0.171 e. The molecule has 18 heavy (non-hydrogen) atoms. The Labute approximate surface area is 118 Å². The van der Waals surface area contributed by atoms with E-state index in [1.165, 1.54) is 5.56 Å². The number of methoxy groups -OCH3 is 2. The highest BCUT2D eigenvalue weighted by Crippen LogP contribution is 2.20. The molecular formula is C14H22BrNO2. The Hall–Kier alpha value is -0.420. The zero-order valence-electron chi connectivity index (χ0n) is 11.4. The molecule has 3 nitrogen and oxygen atoms in total. The van der Waals surface area contributed by atoms with Gasteiger partial charge in [0.2, 0.25) is 0 Å². The fourth-order valence-electron chi connectivity index (χ4n) is 2.05. The lowest BCUT2D eigenvalue weighted by atomic mass is 10.0. The summed E-state index contributed by atoms with van der Waals surface area (Å²) in [7, 11) is 3.32. The average Bonchev–Trinajstić information content (AvgIpc) is 2.38. The van der Waals surface area contributed by atoms with Gasteiger partial charge in [0, 0.05) is 24.7 Å². The highest BCUT2D eigenvalue weighted by atomic mass is 79.9. The Bertz CT molecular complexity index is 338. The molecule has 0 saturated carbocycles. The third-order valence-corrected chi connectivity index (χ3v) is 3.55. The van der Waals surface area contributed by atoms with Gasteiger partial charge in [-0.2, -0.15) is 0 Å². The molecular weight excluding hydrogens is 294 g/mol. The molecule has 1 rings (SSSR count). The molecule has 0 radical (unpaired) electrons. The lowest BCUT2D eigenvalue weighted by Gasteiger charge is -2.27. The van der Waals surface area contributed by atoms with Crippen molar-refractivity contribution in [1.82, 2.24) is 5.32 Å². The quantitative estimate of drug-likeness (QED) is 0.781. The Morgan fingerprint density at radius 3 is 2.17 bits per heavy atom. The minimum absolute atomic E-state index is 0.133. The van der Waals surface area contributed by atoms with Crippen molar-refractivity contribution in [3.63, 3.8) is 0 Å². The second kappa shape index (κ2) is 7.89. The SMILES string of the molecule is CCC(NC(C)C(OC)OC)c1ccc(Br)cc1. The monoisotopic (exact) mass is 315 g/mol. The van der Waals surface area contributed by atoms with Gasteiger partial charge in [-0.3, -0.25) is 0 Å². The molecule has 1 aromatic rings. The standard InChI is InChI=1S/C14H22BrNO2/c1-5-13(11-6-8-12(15)9-7-11)16-10(2)14(17-3)18-4/h6-10,13-14,16H,5H2,1-4H3. The van der Waals surface area contributed by atoms with Gasteiger partial charge in [0.15, 0.2) is 6.29 Å². The summed E-state index contributed by atoms with van der Waals surface area (Å²) in [6.07, 6.45) is 0.793. The number of nitrogens with one attached hydrogen (secondary N) is 1. The van der Waals surface area contributed by atoms with E-state index < -0.39 is 0 Å². The normalized spacial score (nSPS) is 14.8. The van der Waals surface area contributed by atoms with Crippen LogP contribution < -0.4 is 5.32 Å². The summed E-state index contributed by atoms with van der Waals surface area (Å²) >= 11 is 3.45. The van der Waals surface area contributed by atoms with Crippen LogP contribution in [-0.4, -0.2) is 26.6 Å². The zero-order chi connectivity index (χ0) is 13.5. The van der Waals surface area contributed by atoms with E-state index in [0.717, 1.165) is 10.9 Å². The van der Waals surface area contributed by atoms with Crippen LogP contribution in [0.1, 0.15) is 31.9 Å². The Morgan fingerprint density at radius 1 is 1.17 bits per heavy atom. The van der Waals surface area contributed by atoms with Gasteiger partial charge in [0.25, 0.3) is 0 Å². The summed E-state index contributed by atoms with van der Waals surface area (Å²) in [5.74, 6) is 0. The first-order chi connectivity index (χ1) is 8.62. The summed E-state index contributed by atoms with van der Waals surface area (Å²) in [5, 5.41) is 3.54. The van der Waals surface area contributed by atoms with Crippen molar-refractivity contribution in [3.8, 4) is 0 Å². The Kier molecular flexibility index (Phi) is 6.86. The van der Waals surface area contributed by atoms with Crippen molar-refractivity contribution in [1.29, 1.82) is 0 Å². The molecule has 0 aliphatic heterocycles. The van der Waals surface area contributed by atoms with E-state index in [0.29, 0.717) is 6.04 Å². The third-order valence-electron chi connectivity index (χ3n) is 3.02. The maximum absolute atomic E-state index is 5.27. The molecule has 102 valence electrons. The lowest BCUT2D eigenvalue weighted by Crippen LogP contribution is -2.41. The molecule has 2 atom stereocenters. The van der Waals surface area contributed by atoms with E-state index in [1.807, 2.05) is 0 Å². The van der Waals surface area contributed by atoms with Crippen LogP contribution in [0.2, 0.25) is 0 Å². The first-order valence-corrected chi connectivity index (χ1v) is 6.98. The molecule has 0 amide bonds. The first-order valence-electron chi connectivity index (χ1n) is 6.19. The van der Waals surface area contributed by atoms with Crippen molar-refractivity contribution in [2.24, 2.45) is 0 Å². The van der Waals surface area contributed by atoms with Crippen molar-refractivity contribution >= 4 is 15.9 Å². The maximum Gasteiger partial charge on any atom is 0.171 e. The fraction of sp³-hybridized carbons (Fsp3) is 0.571. The summed E-state index contributed by atoms with van der Waals surface area (Å²) in [4.78, 5) is 0. The van der Waals surface area contributed by atoms with E-state index in [-0.39, 0.29) is 12.3 Å². The molecule has 0 saturated heterocycles. The summed E-state index contributed by atoms with van der Waals surface area (Å²) in [5.41, 5.74) is 1.28. The number of hydrogen-bond acceptors (Lipinski definition) is 3. The predicted molar refractivity (Wildman–Crippen MR) is 77.6 cm³/mol. The summed E-state index contributed by atoms with van der Waals surface area (Å²) in [6, 6.07) is 8.83. The number of ether oxygens (including phenoxy) is 2. The van der Waals surface area contributed by atoms with Crippen LogP contribution in [0.15, 0.2) is 28.7 Å². The minimum Gasteiger partial charge on any atom is -0.354 e. The van der Waals surface area contributed by atoms with Gasteiger partial charge in [-0.25, -0.2) is 0 Å². The largest absolute Gasteiger partial charge is 0.354 e. The maximum atomic E-state index is 5.27. The van der Waals surface area contributed by atoms with Crippen molar-refractivity contribution in [3.05, 3.63) is 34.3 Å². The molecule has 1 aromatic carbocycles. The molecule has 0 spiro atoms. The predicted octanol–water partition coefficient (Wildman–Crippen LogP) is 3.50. The van der Waals surface area contributed by atoms with Crippen LogP contribution in [-0.2, 0) is 9.47 Å². The molecule has 0 bridgehead atoms. The average molecular weight is 316 g/mol. The second-order valence-corrected chi connectivity index (χ2v) is 5.22. The number of halogens is 1. The molecule has 0 aliphatic rings. The van der Waals surface area contributed by atoms with Gasteiger partial charge in [-0.1, -0.05) is 35.0 Å². The third kappa shape index (κ3) is 4.35. The van der Waals surface area contributed by atoms with Crippen molar-refractivity contribution in [2.75, 3.05) is 14.2 Å². The van der Waals surface area contributed by atoms with Crippen LogP contribution in [0.4, 0.5) is 0 Å².